The van der Waals surface area contributed by atoms with Crippen LogP contribution in [0.4, 0.5) is 0 Å². The van der Waals surface area contributed by atoms with Crippen molar-refractivity contribution >= 4 is 10.0 Å². The summed E-state index contributed by atoms with van der Waals surface area (Å²) in [5.41, 5.74) is 0.845. The highest BCUT2D eigenvalue weighted by Crippen LogP contribution is 2.30. The molecule has 0 spiro atoms. The minimum atomic E-state index is -3.80. The number of primary sulfonamides is 1. The normalized spacial score (nSPS) is 16.4. The van der Waals surface area contributed by atoms with E-state index in [1.807, 2.05) is 6.92 Å². The van der Waals surface area contributed by atoms with Crippen LogP contribution in [-0.4, -0.2) is 19.5 Å². The minimum absolute atomic E-state index is 0.120. The van der Waals surface area contributed by atoms with Crippen molar-refractivity contribution < 1.29 is 13.2 Å². The van der Waals surface area contributed by atoms with Crippen molar-refractivity contribution in [1.29, 1.82) is 0 Å². The first kappa shape index (κ1) is 10.4. The molecule has 0 radical (unpaired) electrons. The molecule has 1 aromatic rings. The van der Waals surface area contributed by atoms with E-state index in [1.165, 1.54) is 6.20 Å². The largest absolute Gasteiger partial charge is 0.487 e. The summed E-state index contributed by atoms with van der Waals surface area (Å²) in [6.07, 6.45) is 3.49. The van der Waals surface area contributed by atoms with Crippen LogP contribution in [0, 0.1) is 6.92 Å². The van der Waals surface area contributed by atoms with Crippen molar-refractivity contribution in [2.24, 2.45) is 5.14 Å². The topological polar surface area (TPSA) is 82.3 Å². The third-order valence-corrected chi connectivity index (χ3v) is 2.89. The van der Waals surface area contributed by atoms with Crippen LogP contribution >= 0.6 is 0 Å². The van der Waals surface area contributed by atoms with E-state index >= 15 is 0 Å². The second-order valence-corrected chi connectivity index (χ2v) is 5.15. The number of sulfonamides is 1. The maximum absolute atomic E-state index is 11.2. The van der Waals surface area contributed by atoms with Crippen LogP contribution in [-0.2, 0) is 10.0 Å². The Morgan fingerprint density at radius 1 is 1.53 bits per heavy atom. The molecule has 1 aromatic heterocycles. The molecule has 0 amide bonds. The smallest absolute Gasteiger partial charge is 0.259 e. The standard InChI is InChI=1S/C9H12N2O3S/c1-6-4-8(14-7-2-3-7)9(11-5-6)15(10,12)13/h4-5,7H,2-3H2,1H3,(H2,10,12,13). The fourth-order valence-corrected chi connectivity index (χ4v) is 1.78. The fourth-order valence-electron chi connectivity index (χ4n) is 1.19. The Balaban J connectivity index is 2.43. The Labute approximate surface area is 88.3 Å². The first-order chi connectivity index (χ1) is 6.97. The zero-order chi connectivity index (χ0) is 11.1. The lowest BCUT2D eigenvalue weighted by molar-refractivity contribution is 0.292. The third-order valence-electron chi connectivity index (χ3n) is 2.04. The number of rotatable bonds is 3. The van der Waals surface area contributed by atoms with Crippen LogP contribution in [0.1, 0.15) is 18.4 Å². The molecule has 6 heteroatoms. The SMILES string of the molecule is Cc1cnc(S(N)(=O)=O)c(OC2CC2)c1. The average Bonchev–Trinajstić information content (AvgIpc) is 2.85. The number of nitrogens with two attached hydrogens (primary N) is 1. The molecule has 0 saturated heterocycles. The summed E-state index contributed by atoms with van der Waals surface area (Å²) in [5.74, 6) is 0.264. The van der Waals surface area contributed by atoms with Crippen molar-refractivity contribution in [1.82, 2.24) is 4.98 Å². The molecule has 0 atom stereocenters. The minimum Gasteiger partial charge on any atom is -0.487 e. The van der Waals surface area contributed by atoms with Crippen molar-refractivity contribution in [3.63, 3.8) is 0 Å². The summed E-state index contributed by atoms with van der Waals surface area (Å²) in [6, 6.07) is 1.64. The second-order valence-electron chi connectivity index (χ2n) is 3.68. The Morgan fingerprint density at radius 3 is 2.73 bits per heavy atom. The molecule has 1 saturated carbocycles. The van der Waals surface area contributed by atoms with Crippen LogP contribution in [0.25, 0.3) is 0 Å². The zero-order valence-electron chi connectivity index (χ0n) is 8.30. The quantitative estimate of drug-likeness (QED) is 0.820. The average molecular weight is 228 g/mol. The van der Waals surface area contributed by atoms with Gasteiger partial charge in [0.1, 0.15) is 0 Å². The number of hydrogen-bond acceptors (Lipinski definition) is 4. The molecule has 1 heterocycles. The number of nitrogens with zero attached hydrogens (tertiary/aromatic N) is 1. The predicted octanol–water partition coefficient (Wildman–Crippen LogP) is 0.579. The fraction of sp³-hybridized carbons (Fsp3) is 0.444. The van der Waals surface area contributed by atoms with Crippen LogP contribution < -0.4 is 9.88 Å². The van der Waals surface area contributed by atoms with E-state index in [1.54, 1.807) is 6.07 Å². The molecule has 0 unspecified atom stereocenters. The highest BCUT2D eigenvalue weighted by Gasteiger charge is 2.27. The molecule has 1 aliphatic carbocycles. The third kappa shape index (κ3) is 2.45. The molecule has 0 aromatic carbocycles. The van der Waals surface area contributed by atoms with Gasteiger partial charge >= 0.3 is 0 Å². The molecule has 5 nitrogen and oxygen atoms in total. The maximum Gasteiger partial charge on any atom is 0.259 e. The monoisotopic (exact) mass is 228 g/mol. The molecule has 2 N–H and O–H groups in total. The molecule has 15 heavy (non-hydrogen) atoms. The van der Waals surface area contributed by atoms with Crippen LogP contribution in [0.2, 0.25) is 0 Å². The summed E-state index contributed by atoms with van der Waals surface area (Å²) in [5, 5.41) is 4.85. The maximum atomic E-state index is 11.2. The van der Waals surface area contributed by atoms with Gasteiger partial charge in [0.25, 0.3) is 10.0 Å². The lowest BCUT2D eigenvalue weighted by atomic mass is 10.3. The van der Waals surface area contributed by atoms with Crippen molar-refractivity contribution in [3.05, 3.63) is 17.8 Å². The molecule has 0 aliphatic heterocycles. The number of aromatic nitrogens is 1. The molecule has 1 fully saturated rings. The van der Waals surface area contributed by atoms with E-state index in [9.17, 15) is 8.42 Å². The summed E-state index contributed by atoms with van der Waals surface area (Å²) < 4.78 is 27.8. The van der Waals surface area contributed by atoms with Crippen LogP contribution in [0.5, 0.6) is 5.75 Å². The number of ether oxygens (including phenoxy) is 1. The summed E-state index contributed by atoms with van der Waals surface area (Å²) in [4.78, 5) is 3.79. The molecule has 82 valence electrons. The van der Waals surface area contributed by atoms with E-state index in [-0.39, 0.29) is 16.9 Å². The lowest BCUT2D eigenvalue weighted by Crippen LogP contribution is -2.16. The molecular weight excluding hydrogens is 216 g/mol. The van der Waals surface area contributed by atoms with Gasteiger partial charge in [0.2, 0.25) is 5.03 Å². The summed E-state index contributed by atoms with van der Waals surface area (Å²) >= 11 is 0. The lowest BCUT2D eigenvalue weighted by Gasteiger charge is -2.08. The van der Waals surface area contributed by atoms with E-state index in [0.29, 0.717) is 0 Å². The van der Waals surface area contributed by atoms with E-state index in [0.717, 1.165) is 18.4 Å². The summed E-state index contributed by atoms with van der Waals surface area (Å²) in [6.45, 7) is 1.82. The van der Waals surface area contributed by atoms with Crippen molar-refractivity contribution in [2.45, 2.75) is 30.9 Å². The Hall–Kier alpha value is -1.14. The number of aryl methyl sites for hydroxylation is 1. The Bertz CT molecular complexity index is 480. The van der Waals surface area contributed by atoms with Gasteiger partial charge in [-0.15, -0.1) is 0 Å². The zero-order valence-corrected chi connectivity index (χ0v) is 9.12. The van der Waals surface area contributed by atoms with Gasteiger partial charge in [-0.1, -0.05) is 0 Å². The second kappa shape index (κ2) is 3.46. The highest BCUT2D eigenvalue weighted by atomic mass is 32.2. The van der Waals surface area contributed by atoms with Gasteiger partial charge in [-0.05, 0) is 31.4 Å². The van der Waals surface area contributed by atoms with Crippen LogP contribution in [0.3, 0.4) is 0 Å². The van der Waals surface area contributed by atoms with Gasteiger partial charge in [0, 0.05) is 6.20 Å². The van der Waals surface area contributed by atoms with Gasteiger partial charge in [0.15, 0.2) is 5.75 Å². The van der Waals surface area contributed by atoms with Crippen molar-refractivity contribution in [3.8, 4) is 5.75 Å². The Kier molecular flexibility index (Phi) is 2.40. The van der Waals surface area contributed by atoms with Gasteiger partial charge in [0.05, 0.1) is 6.10 Å². The first-order valence-electron chi connectivity index (χ1n) is 4.63. The van der Waals surface area contributed by atoms with Gasteiger partial charge < -0.3 is 4.74 Å². The van der Waals surface area contributed by atoms with E-state index in [2.05, 4.69) is 4.98 Å². The number of hydrogen-bond donors (Lipinski definition) is 1. The van der Waals surface area contributed by atoms with Crippen molar-refractivity contribution in [2.75, 3.05) is 0 Å². The highest BCUT2D eigenvalue weighted by molar-refractivity contribution is 7.89. The molecule has 1 aliphatic rings. The molecule has 0 bridgehead atoms. The van der Waals surface area contributed by atoms with Crippen LogP contribution in [0.15, 0.2) is 17.3 Å². The van der Waals surface area contributed by atoms with Gasteiger partial charge in [-0.3, -0.25) is 0 Å². The Morgan fingerprint density at radius 2 is 2.20 bits per heavy atom. The predicted molar refractivity (Wildman–Crippen MR) is 54.0 cm³/mol. The number of pyridine rings is 1. The van der Waals surface area contributed by atoms with E-state index in [4.69, 9.17) is 9.88 Å². The molecule has 2 rings (SSSR count). The first-order valence-corrected chi connectivity index (χ1v) is 6.17. The van der Waals surface area contributed by atoms with Gasteiger partial charge in [-0.25, -0.2) is 18.5 Å². The van der Waals surface area contributed by atoms with E-state index < -0.39 is 10.0 Å². The molecular formula is C9H12N2O3S. The summed E-state index contributed by atoms with van der Waals surface area (Å²) in [7, 11) is -3.80. The van der Waals surface area contributed by atoms with Gasteiger partial charge in [-0.2, -0.15) is 0 Å².